The van der Waals surface area contributed by atoms with Crippen molar-refractivity contribution < 1.29 is 14.7 Å². The Morgan fingerprint density at radius 1 is 1.46 bits per heavy atom. The molecule has 0 heterocycles. The Morgan fingerprint density at radius 3 is 2.69 bits per heavy atom. The molecule has 13 heavy (non-hydrogen) atoms. The Hall–Kier alpha value is -1.21. The topological polar surface area (TPSA) is 117 Å². The van der Waals surface area contributed by atoms with E-state index in [0.717, 1.165) is 12.8 Å². The normalized spacial score (nSPS) is 11.8. The van der Waals surface area contributed by atoms with Crippen molar-refractivity contribution in [2.75, 3.05) is 6.54 Å². The number of rotatable bonds is 7. The Bertz CT molecular complexity index is 164. The van der Waals surface area contributed by atoms with Gasteiger partial charge < -0.3 is 11.5 Å². The molecular formula is C6H13N3O4. The fourth-order valence-electron chi connectivity index (χ4n) is 0.740. The SMILES string of the molecule is NCCCCC(N)C(=O)OON=O. The van der Waals surface area contributed by atoms with Gasteiger partial charge in [0, 0.05) is 0 Å². The number of nitrogens with zero attached hydrogens (tertiary/aromatic N) is 1. The lowest BCUT2D eigenvalue weighted by Gasteiger charge is -2.06. The van der Waals surface area contributed by atoms with Crippen molar-refractivity contribution in [2.45, 2.75) is 25.3 Å². The largest absolute Gasteiger partial charge is 0.374 e. The summed E-state index contributed by atoms with van der Waals surface area (Å²) in [5.41, 5.74) is 10.6. The van der Waals surface area contributed by atoms with Gasteiger partial charge in [-0.05, 0) is 19.4 Å². The first-order chi connectivity index (χ1) is 6.22. The summed E-state index contributed by atoms with van der Waals surface area (Å²) < 4.78 is 0. The molecule has 0 amide bonds. The number of carbonyl (C=O) groups excluding carboxylic acids is 1. The molecule has 4 N–H and O–H groups in total. The first kappa shape index (κ1) is 11.8. The van der Waals surface area contributed by atoms with E-state index >= 15 is 0 Å². The molecule has 0 radical (unpaired) electrons. The lowest BCUT2D eigenvalue weighted by Crippen LogP contribution is -2.32. The number of hydrogen-bond donors (Lipinski definition) is 2. The summed E-state index contributed by atoms with van der Waals surface area (Å²) in [5.74, 6) is -0.809. The van der Waals surface area contributed by atoms with Crippen LogP contribution >= 0.6 is 0 Å². The predicted octanol–water partition coefficient (Wildman–Crippen LogP) is -0.401. The number of carbonyl (C=O) groups is 1. The predicted molar refractivity (Wildman–Crippen MR) is 43.9 cm³/mol. The highest BCUT2D eigenvalue weighted by Gasteiger charge is 2.16. The molecule has 0 bridgehead atoms. The van der Waals surface area contributed by atoms with Crippen LogP contribution in [0.4, 0.5) is 0 Å². The van der Waals surface area contributed by atoms with Crippen molar-refractivity contribution in [3.8, 4) is 0 Å². The van der Waals surface area contributed by atoms with Crippen molar-refractivity contribution in [3.63, 3.8) is 0 Å². The minimum absolute atomic E-state index is 0.443. The fraction of sp³-hybridized carbons (Fsp3) is 0.833. The molecule has 0 saturated heterocycles. The zero-order valence-electron chi connectivity index (χ0n) is 7.14. The second kappa shape index (κ2) is 7.44. The highest BCUT2D eigenvalue weighted by molar-refractivity contribution is 5.74. The average molecular weight is 191 g/mol. The van der Waals surface area contributed by atoms with Gasteiger partial charge >= 0.3 is 5.97 Å². The third kappa shape index (κ3) is 6.00. The van der Waals surface area contributed by atoms with Crippen molar-refractivity contribution >= 4 is 5.97 Å². The van der Waals surface area contributed by atoms with Crippen LogP contribution < -0.4 is 11.5 Å². The van der Waals surface area contributed by atoms with Crippen LogP contribution in [0.15, 0.2) is 5.34 Å². The standard InChI is InChI=1S/C6H13N3O4/c7-4-2-1-3-5(8)6(10)12-13-9-11/h5H,1-4,7-8H2. The van der Waals surface area contributed by atoms with Gasteiger partial charge in [0.25, 0.3) is 0 Å². The van der Waals surface area contributed by atoms with Gasteiger partial charge in [-0.2, -0.15) is 0 Å². The first-order valence-corrected chi connectivity index (χ1v) is 3.88. The highest BCUT2D eigenvalue weighted by Crippen LogP contribution is 2.00. The molecule has 0 aromatic carbocycles. The lowest BCUT2D eigenvalue weighted by molar-refractivity contribution is -0.275. The summed E-state index contributed by atoms with van der Waals surface area (Å²) >= 11 is 0. The van der Waals surface area contributed by atoms with E-state index in [9.17, 15) is 9.70 Å². The molecule has 7 heteroatoms. The van der Waals surface area contributed by atoms with Gasteiger partial charge in [0.2, 0.25) is 5.34 Å². The van der Waals surface area contributed by atoms with Gasteiger partial charge in [-0.3, -0.25) is 0 Å². The maximum Gasteiger partial charge on any atom is 0.374 e. The molecule has 1 atom stereocenters. The highest BCUT2D eigenvalue weighted by atomic mass is 17.3. The Balaban J connectivity index is 3.50. The molecule has 0 aliphatic rings. The van der Waals surface area contributed by atoms with E-state index in [2.05, 4.69) is 9.88 Å². The number of hydrogen-bond acceptors (Lipinski definition) is 7. The Labute approximate surface area is 75.2 Å². The van der Waals surface area contributed by atoms with Crippen molar-refractivity contribution in [2.24, 2.45) is 16.8 Å². The average Bonchev–Trinajstić information content (AvgIpc) is 2.14. The van der Waals surface area contributed by atoms with E-state index in [0.29, 0.717) is 13.0 Å². The van der Waals surface area contributed by atoms with Gasteiger partial charge in [-0.25, -0.2) is 9.68 Å². The summed E-state index contributed by atoms with van der Waals surface area (Å²) in [6.45, 7) is 0.550. The van der Waals surface area contributed by atoms with Gasteiger partial charge in [0.15, 0.2) is 0 Å². The molecule has 0 saturated carbocycles. The first-order valence-electron chi connectivity index (χ1n) is 3.88. The van der Waals surface area contributed by atoms with Gasteiger partial charge in [-0.1, -0.05) is 6.42 Å². The Morgan fingerprint density at radius 2 is 2.15 bits per heavy atom. The van der Waals surface area contributed by atoms with E-state index in [1.54, 1.807) is 0 Å². The van der Waals surface area contributed by atoms with Crippen LogP contribution in [-0.2, 0) is 14.7 Å². The molecule has 0 fully saturated rings. The zero-order chi connectivity index (χ0) is 10.1. The zero-order valence-corrected chi connectivity index (χ0v) is 7.14. The van der Waals surface area contributed by atoms with Crippen molar-refractivity contribution in [1.29, 1.82) is 0 Å². The number of nitrogens with two attached hydrogens (primary N) is 2. The maximum absolute atomic E-state index is 10.8. The third-order valence-electron chi connectivity index (χ3n) is 1.42. The van der Waals surface area contributed by atoms with Crippen LogP contribution in [-0.4, -0.2) is 18.6 Å². The summed E-state index contributed by atoms with van der Waals surface area (Å²) in [7, 11) is 0. The molecule has 76 valence electrons. The third-order valence-corrected chi connectivity index (χ3v) is 1.42. The minimum Gasteiger partial charge on any atom is -0.330 e. The van der Waals surface area contributed by atoms with E-state index in [1.807, 2.05) is 5.34 Å². The van der Waals surface area contributed by atoms with Crippen molar-refractivity contribution in [1.82, 2.24) is 0 Å². The van der Waals surface area contributed by atoms with Crippen LogP contribution in [0.3, 0.4) is 0 Å². The summed E-state index contributed by atoms with van der Waals surface area (Å²) in [5, 5.41) is 1.89. The van der Waals surface area contributed by atoms with Crippen molar-refractivity contribution in [3.05, 3.63) is 4.91 Å². The van der Waals surface area contributed by atoms with E-state index < -0.39 is 12.0 Å². The molecule has 0 rings (SSSR count). The molecule has 0 spiro atoms. The van der Waals surface area contributed by atoms with E-state index in [-0.39, 0.29) is 0 Å². The van der Waals surface area contributed by atoms with Crippen LogP contribution in [0, 0.1) is 4.91 Å². The summed E-state index contributed by atoms with van der Waals surface area (Å²) in [4.78, 5) is 27.6. The lowest BCUT2D eigenvalue weighted by atomic mass is 10.1. The smallest absolute Gasteiger partial charge is 0.330 e. The molecule has 0 aliphatic heterocycles. The van der Waals surface area contributed by atoms with Crippen LogP contribution in [0.5, 0.6) is 0 Å². The van der Waals surface area contributed by atoms with Gasteiger partial charge in [0.05, 0.1) is 0 Å². The molecule has 0 aromatic rings. The molecule has 0 aromatic heterocycles. The van der Waals surface area contributed by atoms with Crippen LogP contribution in [0.25, 0.3) is 0 Å². The van der Waals surface area contributed by atoms with Gasteiger partial charge in [-0.15, -0.1) is 9.90 Å². The second-order valence-corrected chi connectivity index (χ2v) is 2.44. The quantitative estimate of drug-likeness (QED) is 0.244. The number of unbranched alkanes of at least 4 members (excludes halogenated alkanes) is 1. The monoisotopic (exact) mass is 191 g/mol. The van der Waals surface area contributed by atoms with Crippen LogP contribution in [0.1, 0.15) is 19.3 Å². The summed E-state index contributed by atoms with van der Waals surface area (Å²) in [6.07, 6.45) is 1.95. The minimum atomic E-state index is -0.809. The fourth-order valence-corrected chi connectivity index (χ4v) is 0.740. The maximum atomic E-state index is 10.8. The van der Waals surface area contributed by atoms with E-state index in [1.165, 1.54) is 0 Å². The van der Waals surface area contributed by atoms with Gasteiger partial charge in [0.1, 0.15) is 6.04 Å². The van der Waals surface area contributed by atoms with Crippen LogP contribution in [0.2, 0.25) is 0 Å². The second-order valence-electron chi connectivity index (χ2n) is 2.44. The molecular weight excluding hydrogens is 178 g/mol. The molecule has 1 unspecified atom stereocenters. The molecule has 7 nitrogen and oxygen atoms in total. The van der Waals surface area contributed by atoms with E-state index in [4.69, 9.17) is 11.5 Å². The molecule has 0 aliphatic carbocycles. The summed E-state index contributed by atoms with van der Waals surface area (Å²) in [6, 6.07) is -0.798. The Kier molecular flexibility index (Phi) is 6.75.